The number of benzene rings is 1. The van der Waals surface area contributed by atoms with Gasteiger partial charge in [-0.1, -0.05) is 37.1 Å². The van der Waals surface area contributed by atoms with E-state index in [-0.39, 0.29) is 11.2 Å². The monoisotopic (exact) mass is 414 g/mol. The van der Waals surface area contributed by atoms with Crippen LogP contribution < -0.4 is 10.1 Å². The van der Waals surface area contributed by atoms with E-state index in [1.807, 2.05) is 41.8 Å². The maximum atomic E-state index is 12.6. The van der Waals surface area contributed by atoms with Gasteiger partial charge in [-0.2, -0.15) is 0 Å². The lowest BCUT2D eigenvalue weighted by molar-refractivity contribution is -0.120. The summed E-state index contributed by atoms with van der Waals surface area (Å²) in [6.45, 7) is 7.12. The van der Waals surface area contributed by atoms with E-state index in [0.717, 1.165) is 28.8 Å². The molecule has 0 spiro atoms. The summed E-state index contributed by atoms with van der Waals surface area (Å²) < 4.78 is 7.22. The van der Waals surface area contributed by atoms with E-state index in [9.17, 15) is 4.79 Å². The second-order valence-electron chi connectivity index (χ2n) is 7.44. The van der Waals surface area contributed by atoms with Crippen molar-refractivity contribution in [1.82, 2.24) is 20.1 Å². The molecule has 0 saturated heterocycles. The number of thioether (sulfide) groups is 1. The Morgan fingerprint density at radius 1 is 1.31 bits per heavy atom. The minimum Gasteiger partial charge on any atom is -0.497 e. The molecule has 1 aliphatic carbocycles. The summed E-state index contributed by atoms with van der Waals surface area (Å²) in [6, 6.07) is 7.71. The molecular weight excluding hydrogens is 384 g/mol. The Balaban J connectivity index is 1.66. The van der Waals surface area contributed by atoms with Gasteiger partial charge in [-0.15, -0.1) is 16.8 Å². The molecule has 1 heterocycles. The molecule has 3 rings (SSSR count). The fourth-order valence-corrected chi connectivity index (χ4v) is 4.50. The van der Waals surface area contributed by atoms with E-state index in [0.29, 0.717) is 12.5 Å². The minimum atomic E-state index is -0.241. The SMILES string of the molecule is C=CCn1c(SC(C)C(=O)NCC2CCCCC2)nnc1-c1ccc(OC)cc1. The van der Waals surface area contributed by atoms with Crippen LogP contribution >= 0.6 is 11.8 Å². The van der Waals surface area contributed by atoms with Crippen LogP contribution in [0.4, 0.5) is 0 Å². The van der Waals surface area contributed by atoms with Crippen LogP contribution in [0.2, 0.25) is 0 Å². The average Bonchev–Trinajstić information content (AvgIpc) is 3.15. The molecular formula is C22H30N4O2S. The topological polar surface area (TPSA) is 69.0 Å². The summed E-state index contributed by atoms with van der Waals surface area (Å²) in [7, 11) is 1.64. The lowest BCUT2D eigenvalue weighted by Gasteiger charge is -2.22. The van der Waals surface area contributed by atoms with Crippen molar-refractivity contribution in [2.75, 3.05) is 13.7 Å². The van der Waals surface area contributed by atoms with E-state index in [4.69, 9.17) is 4.74 Å². The standard InChI is InChI=1S/C22H30N4O2S/c1-4-14-26-20(18-10-12-19(28-3)13-11-18)24-25-22(26)29-16(2)21(27)23-15-17-8-6-5-7-9-17/h4,10-13,16-17H,1,5-9,14-15H2,2-3H3,(H,23,27). The zero-order valence-electron chi connectivity index (χ0n) is 17.3. The number of hydrogen-bond donors (Lipinski definition) is 1. The van der Waals surface area contributed by atoms with Gasteiger partial charge in [0.25, 0.3) is 0 Å². The van der Waals surface area contributed by atoms with Crippen molar-refractivity contribution >= 4 is 17.7 Å². The van der Waals surface area contributed by atoms with Crippen LogP contribution in [0.3, 0.4) is 0 Å². The van der Waals surface area contributed by atoms with Crippen molar-refractivity contribution in [1.29, 1.82) is 0 Å². The normalized spacial score (nSPS) is 15.7. The van der Waals surface area contributed by atoms with E-state index < -0.39 is 0 Å². The molecule has 1 aromatic heterocycles. The highest BCUT2D eigenvalue weighted by molar-refractivity contribution is 8.00. The Labute approximate surface area is 177 Å². The quantitative estimate of drug-likeness (QED) is 0.489. The van der Waals surface area contributed by atoms with Gasteiger partial charge in [0.15, 0.2) is 11.0 Å². The number of amides is 1. The van der Waals surface area contributed by atoms with Crippen LogP contribution in [0.25, 0.3) is 11.4 Å². The Bertz CT molecular complexity index is 813. The second-order valence-corrected chi connectivity index (χ2v) is 8.75. The largest absolute Gasteiger partial charge is 0.497 e. The predicted molar refractivity (Wildman–Crippen MR) is 117 cm³/mol. The lowest BCUT2D eigenvalue weighted by atomic mass is 9.89. The Morgan fingerprint density at radius 2 is 2.03 bits per heavy atom. The van der Waals surface area contributed by atoms with Crippen molar-refractivity contribution in [3.05, 3.63) is 36.9 Å². The smallest absolute Gasteiger partial charge is 0.233 e. The molecule has 29 heavy (non-hydrogen) atoms. The van der Waals surface area contributed by atoms with Crippen molar-refractivity contribution in [2.24, 2.45) is 5.92 Å². The van der Waals surface area contributed by atoms with Gasteiger partial charge in [-0.25, -0.2) is 0 Å². The average molecular weight is 415 g/mol. The summed E-state index contributed by atoms with van der Waals surface area (Å²) >= 11 is 1.43. The van der Waals surface area contributed by atoms with E-state index in [1.165, 1.54) is 43.9 Å². The fraction of sp³-hybridized carbons (Fsp3) is 0.500. The van der Waals surface area contributed by atoms with Gasteiger partial charge < -0.3 is 10.1 Å². The molecule has 1 amide bonds. The lowest BCUT2D eigenvalue weighted by Crippen LogP contribution is -2.35. The molecule has 1 fully saturated rings. The number of nitrogens with zero attached hydrogens (tertiary/aromatic N) is 3. The third-order valence-corrected chi connectivity index (χ3v) is 6.40. The molecule has 0 bridgehead atoms. The summed E-state index contributed by atoms with van der Waals surface area (Å²) in [5.74, 6) is 2.22. The number of allylic oxidation sites excluding steroid dienone is 1. The van der Waals surface area contributed by atoms with Gasteiger partial charge >= 0.3 is 0 Å². The maximum absolute atomic E-state index is 12.6. The zero-order valence-corrected chi connectivity index (χ0v) is 18.1. The van der Waals surface area contributed by atoms with Crippen LogP contribution in [0.15, 0.2) is 42.1 Å². The molecule has 1 aromatic carbocycles. The van der Waals surface area contributed by atoms with Crippen molar-refractivity contribution in [3.63, 3.8) is 0 Å². The molecule has 1 saturated carbocycles. The molecule has 7 heteroatoms. The second kappa shape index (κ2) is 10.5. The van der Waals surface area contributed by atoms with Crippen molar-refractivity contribution < 1.29 is 9.53 Å². The van der Waals surface area contributed by atoms with Crippen LogP contribution in [0.1, 0.15) is 39.0 Å². The maximum Gasteiger partial charge on any atom is 0.233 e. The Hall–Kier alpha value is -2.28. The van der Waals surface area contributed by atoms with E-state index in [2.05, 4.69) is 22.1 Å². The van der Waals surface area contributed by atoms with Gasteiger partial charge in [-0.3, -0.25) is 9.36 Å². The van der Waals surface area contributed by atoms with Crippen LogP contribution in [0.5, 0.6) is 5.75 Å². The molecule has 6 nitrogen and oxygen atoms in total. The Kier molecular flexibility index (Phi) is 7.75. The molecule has 2 aromatic rings. The van der Waals surface area contributed by atoms with Crippen LogP contribution in [-0.4, -0.2) is 39.6 Å². The first-order chi connectivity index (χ1) is 14.1. The number of hydrogen-bond acceptors (Lipinski definition) is 5. The van der Waals surface area contributed by atoms with Crippen molar-refractivity contribution in [2.45, 2.75) is 56.0 Å². The zero-order chi connectivity index (χ0) is 20.6. The summed E-state index contributed by atoms with van der Waals surface area (Å²) in [6.07, 6.45) is 8.15. The summed E-state index contributed by atoms with van der Waals surface area (Å²) in [5, 5.41) is 12.3. The first-order valence-corrected chi connectivity index (χ1v) is 11.1. The molecule has 1 atom stereocenters. The molecule has 156 valence electrons. The van der Waals surface area contributed by atoms with Crippen LogP contribution in [-0.2, 0) is 11.3 Å². The first kappa shape index (κ1) is 21.4. The summed E-state index contributed by atoms with van der Waals surface area (Å²) in [4.78, 5) is 12.6. The number of carbonyl (C=O) groups excluding carboxylic acids is 1. The first-order valence-electron chi connectivity index (χ1n) is 10.2. The van der Waals surface area contributed by atoms with E-state index >= 15 is 0 Å². The number of aromatic nitrogens is 3. The highest BCUT2D eigenvalue weighted by atomic mass is 32.2. The van der Waals surface area contributed by atoms with Gasteiger partial charge in [0.05, 0.1) is 12.4 Å². The minimum absolute atomic E-state index is 0.0553. The van der Waals surface area contributed by atoms with Gasteiger partial charge in [-0.05, 0) is 49.9 Å². The highest BCUT2D eigenvalue weighted by Gasteiger charge is 2.22. The number of rotatable bonds is 9. The molecule has 1 unspecified atom stereocenters. The van der Waals surface area contributed by atoms with Crippen molar-refractivity contribution in [3.8, 4) is 17.1 Å². The van der Waals surface area contributed by atoms with Crippen LogP contribution in [0, 0.1) is 5.92 Å². The van der Waals surface area contributed by atoms with Gasteiger partial charge in [0.2, 0.25) is 5.91 Å². The number of methoxy groups -OCH3 is 1. The predicted octanol–water partition coefficient (Wildman–Crippen LogP) is 4.32. The molecule has 1 aliphatic rings. The van der Waals surface area contributed by atoms with E-state index in [1.54, 1.807) is 7.11 Å². The van der Waals surface area contributed by atoms with Gasteiger partial charge in [0, 0.05) is 18.7 Å². The third kappa shape index (κ3) is 5.63. The third-order valence-electron chi connectivity index (χ3n) is 5.32. The number of ether oxygens (including phenoxy) is 1. The number of nitrogens with one attached hydrogen (secondary N) is 1. The van der Waals surface area contributed by atoms with Gasteiger partial charge in [0.1, 0.15) is 5.75 Å². The molecule has 1 N–H and O–H groups in total. The summed E-state index contributed by atoms with van der Waals surface area (Å²) in [5.41, 5.74) is 0.946. The molecule has 0 aliphatic heterocycles. The molecule has 0 radical (unpaired) electrons. The Morgan fingerprint density at radius 3 is 2.69 bits per heavy atom. The highest BCUT2D eigenvalue weighted by Crippen LogP contribution is 2.28. The fourth-order valence-electron chi connectivity index (χ4n) is 3.61. The number of carbonyl (C=O) groups is 1.